The second kappa shape index (κ2) is 9.53. The van der Waals surface area contributed by atoms with Gasteiger partial charge in [0.2, 0.25) is 0 Å². The van der Waals surface area contributed by atoms with Gasteiger partial charge in [-0.1, -0.05) is 35.9 Å². The summed E-state index contributed by atoms with van der Waals surface area (Å²) in [4.78, 5) is 27.3. The number of rotatable bonds is 8. The third kappa shape index (κ3) is 5.76. The molecule has 0 aliphatic heterocycles. The molecule has 31 heavy (non-hydrogen) atoms. The molecular formula is C23H23FN2O5. The molecule has 0 spiro atoms. The number of carboxylic acids is 1. The van der Waals surface area contributed by atoms with Crippen LogP contribution in [-0.2, 0) is 11.2 Å². The number of nitrogens with zero attached hydrogens (tertiary/aromatic N) is 1. The minimum atomic E-state index is -1.64. The second-order valence-corrected chi connectivity index (χ2v) is 7.42. The summed E-state index contributed by atoms with van der Waals surface area (Å²) in [7, 11) is 0. The molecule has 0 unspecified atom stereocenters. The molecule has 162 valence electrons. The van der Waals surface area contributed by atoms with Crippen LogP contribution in [0.2, 0.25) is 0 Å². The van der Waals surface area contributed by atoms with E-state index < -0.39 is 24.0 Å². The fourth-order valence-corrected chi connectivity index (χ4v) is 3.24. The fourth-order valence-electron chi connectivity index (χ4n) is 3.24. The van der Waals surface area contributed by atoms with Gasteiger partial charge in [-0.15, -0.1) is 0 Å². The van der Waals surface area contributed by atoms with Crippen LogP contribution in [0, 0.1) is 19.7 Å². The molecule has 1 amide bonds. The van der Waals surface area contributed by atoms with Crippen LogP contribution < -0.4 is 5.32 Å². The van der Waals surface area contributed by atoms with Crippen LogP contribution in [-0.4, -0.2) is 39.2 Å². The van der Waals surface area contributed by atoms with Crippen LogP contribution in [0.25, 0.3) is 11.1 Å². The second-order valence-electron chi connectivity index (χ2n) is 7.42. The molecular weight excluding hydrogens is 403 g/mol. The van der Waals surface area contributed by atoms with Crippen molar-refractivity contribution in [3.05, 3.63) is 77.3 Å². The van der Waals surface area contributed by atoms with E-state index in [-0.39, 0.29) is 24.5 Å². The lowest BCUT2D eigenvalue weighted by atomic mass is 9.97. The van der Waals surface area contributed by atoms with Gasteiger partial charge in [-0.05, 0) is 43.5 Å². The van der Waals surface area contributed by atoms with Crippen molar-refractivity contribution in [1.29, 1.82) is 0 Å². The number of carbonyl (C=O) groups is 2. The van der Waals surface area contributed by atoms with E-state index in [9.17, 15) is 19.1 Å². The zero-order valence-corrected chi connectivity index (χ0v) is 17.1. The molecule has 0 saturated carbocycles. The Kier molecular flexibility index (Phi) is 6.81. The number of carbonyl (C=O) groups excluding carboxylic acids is 1. The number of carboxylic acid groups (broad SMARTS) is 1. The lowest BCUT2D eigenvalue weighted by Crippen LogP contribution is -2.40. The highest BCUT2D eigenvalue weighted by atomic mass is 19.1. The first-order valence-electron chi connectivity index (χ1n) is 9.72. The lowest BCUT2D eigenvalue weighted by Gasteiger charge is -2.20. The Morgan fingerprint density at radius 1 is 1.16 bits per heavy atom. The van der Waals surface area contributed by atoms with Gasteiger partial charge in [0.05, 0.1) is 6.20 Å². The average molecular weight is 426 g/mol. The Morgan fingerprint density at radius 3 is 2.48 bits per heavy atom. The number of aromatic nitrogens is 1. The predicted molar refractivity (Wildman–Crippen MR) is 111 cm³/mol. The maximum Gasteiger partial charge on any atom is 0.332 e. The molecule has 2 atom stereocenters. The number of benzene rings is 2. The number of nitrogens with one attached hydrogen (secondary N) is 1. The van der Waals surface area contributed by atoms with Crippen molar-refractivity contribution in [2.75, 3.05) is 0 Å². The first-order valence-corrected chi connectivity index (χ1v) is 9.72. The SMILES string of the molecule is Cc1ccc(F)c(-c2ccc(C[C@H](C[C@@H](O)C(=O)O)NC(=O)c3ncc(C)o3)cc2)c1. The summed E-state index contributed by atoms with van der Waals surface area (Å²) in [6.45, 7) is 3.53. The highest BCUT2D eigenvalue weighted by molar-refractivity contribution is 5.89. The Hall–Kier alpha value is -3.52. The molecule has 0 bridgehead atoms. The summed E-state index contributed by atoms with van der Waals surface area (Å²) in [6.07, 6.45) is -0.183. The summed E-state index contributed by atoms with van der Waals surface area (Å²) in [6, 6.07) is 11.3. The Bertz CT molecular complexity index is 1080. The molecule has 0 radical (unpaired) electrons. The number of aryl methyl sites for hydroxylation is 2. The Balaban J connectivity index is 1.77. The zero-order chi connectivity index (χ0) is 22.5. The van der Waals surface area contributed by atoms with Gasteiger partial charge in [-0.25, -0.2) is 14.2 Å². The fraction of sp³-hybridized carbons (Fsp3) is 0.261. The van der Waals surface area contributed by atoms with Gasteiger partial charge in [0.25, 0.3) is 5.89 Å². The normalized spacial score (nSPS) is 12.9. The Morgan fingerprint density at radius 2 is 1.87 bits per heavy atom. The molecule has 0 aliphatic rings. The maximum absolute atomic E-state index is 14.1. The molecule has 7 nitrogen and oxygen atoms in total. The highest BCUT2D eigenvalue weighted by Gasteiger charge is 2.24. The van der Waals surface area contributed by atoms with Gasteiger partial charge >= 0.3 is 11.9 Å². The van der Waals surface area contributed by atoms with Crippen molar-refractivity contribution < 1.29 is 28.6 Å². The van der Waals surface area contributed by atoms with E-state index in [4.69, 9.17) is 9.52 Å². The van der Waals surface area contributed by atoms with E-state index in [1.54, 1.807) is 43.3 Å². The minimum Gasteiger partial charge on any atom is -0.479 e. The number of aliphatic hydroxyl groups is 1. The van der Waals surface area contributed by atoms with Crippen molar-refractivity contribution in [3.8, 4) is 11.1 Å². The van der Waals surface area contributed by atoms with Gasteiger partial charge < -0.3 is 19.9 Å². The molecule has 3 N–H and O–H groups in total. The van der Waals surface area contributed by atoms with Gasteiger partial charge in [0.15, 0.2) is 6.10 Å². The molecule has 0 saturated heterocycles. The van der Waals surface area contributed by atoms with E-state index in [2.05, 4.69) is 10.3 Å². The summed E-state index contributed by atoms with van der Waals surface area (Å²) < 4.78 is 19.3. The minimum absolute atomic E-state index is 0.141. The Labute approximate surface area is 178 Å². The first-order chi connectivity index (χ1) is 14.7. The van der Waals surface area contributed by atoms with Crippen LogP contribution in [0.15, 0.2) is 53.1 Å². The van der Waals surface area contributed by atoms with Crippen LogP contribution in [0.3, 0.4) is 0 Å². The molecule has 1 aromatic heterocycles. The molecule has 1 heterocycles. The van der Waals surface area contributed by atoms with Gasteiger partial charge in [0, 0.05) is 18.0 Å². The van der Waals surface area contributed by atoms with Crippen molar-refractivity contribution in [3.63, 3.8) is 0 Å². The van der Waals surface area contributed by atoms with Gasteiger partial charge in [-0.3, -0.25) is 4.79 Å². The quantitative estimate of drug-likeness (QED) is 0.510. The number of aliphatic hydroxyl groups excluding tert-OH is 1. The predicted octanol–water partition coefficient (Wildman–Crippen LogP) is 3.27. The van der Waals surface area contributed by atoms with Crippen molar-refractivity contribution in [2.45, 2.75) is 38.8 Å². The van der Waals surface area contributed by atoms with Crippen LogP contribution >= 0.6 is 0 Å². The average Bonchev–Trinajstić information content (AvgIpc) is 3.17. The molecule has 2 aromatic carbocycles. The molecule has 8 heteroatoms. The zero-order valence-electron chi connectivity index (χ0n) is 17.1. The third-order valence-electron chi connectivity index (χ3n) is 4.81. The van der Waals surface area contributed by atoms with E-state index >= 15 is 0 Å². The number of amides is 1. The number of hydrogen-bond donors (Lipinski definition) is 3. The first kappa shape index (κ1) is 22.2. The van der Waals surface area contributed by atoms with Crippen molar-refractivity contribution >= 4 is 11.9 Å². The standard InChI is InChI=1S/C23H23FN2O5/c1-13-3-8-19(24)18(9-13)16-6-4-15(5-7-16)10-17(11-20(27)23(29)30)26-21(28)22-25-12-14(2)31-22/h3-9,12,17,20,27H,10-11H2,1-2H3,(H,26,28)(H,29,30)/t17-,20-/m1/s1. The van der Waals surface area contributed by atoms with Crippen LogP contribution in [0.4, 0.5) is 4.39 Å². The number of halogens is 1. The smallest absolute Gasteiger partial charge is 0.332 e. The van der Waals surface area contributed by atoms with Crippen molar-refractivity contribution in [2.24, 2.45) is 0 Å². The number of aliphatic carboxylic acids is 1. The largest absolute Gasteiger partial charge is 0.479 e. The summed E-state index contributed by atoms with van der Waals surface area (Å²) in [5.41, 5.74) is 2.90. The topological polar surface area (TPSA) is 113 Å². The highest BCUT2D eigenvalue weighted by Crippen LogP contribution is 2.25. The van der Waals surface area contributed by atoms with Crippen LogP contribution in [0.1, 0.15) is 34.0 Å². The summed E-state index contributed by atoms with van der Waals surface area (Å²) >= 11 is 0. The number of oxazole rings is 1. The third-order valence-corrected chi connectivity index (χ3v) is 4.81. The van der Waals surface area contributed by atoms with E-state index in [1.165, 1.54) is 12.3 Å². The van der Waals surface area contributed by atoms with Crippen molar-refractivity contribution in [1.82, 2.24) is 10.3 Å². The maximum atomic E-state index is 14.1. The number of hydrogen-bond acceptors (Lipinski definition) is 5. The lowest BCUT2D eigenvalue weighted by molar-refractivity contribution is -0.147. The molecule has 3 rings (SSSR count). The van der Waals surface area contributed by atoms with E-state index in [0.29, 0.717) is 16.9 Å². The summed E-state index contributed by atoms with van der Waals surface area (Å²) in [5, 5.41) is 21.5. The molecule has 3 aromatic rings. The van der Waals surface area contributed by atoms with Gasteiger partial charge in [-0.2, -0.15) is 0 Å². The molecule has 0 fully saturated rings. The van der Waals surface area contributed by atoms with E-state index in [1.807, 2.05) is 6.92 Å². The monoisotopic (exact) mass is 426 g/mol. The molecule has 0 aliphatic carbocycles. The van der Waals surface area contributed by atoms with Crippen LogP contribution in [0.5, 0.6) is 0 Å². The summed E-state index contributed by atoms with van der Waals surface area (Å²) in [5.74, 6) is -1.98. The van der Waals surface area contributed by atoms with E-state index in [0.717, 1.165) is 11.1 Å². The van der Waals surface area contributed by atoms with Gasteiger partial charge in [0.1, 0.15) is 11.6 Å².